The minimum Gasteiger partial charge on any atom is -0.467 e. The Kier molecular flexibility index (Phi) is 1.92. The van der Waals surface area contributed by atoms with Gasteiger partial charge >= 0.3 is 0 Å². The number of rotatable bonds is 4. The third kappa shape index (κ3) is 2.06. The standard InChI is InChI=1S/C8H10O3/c1-2-7(10-3-1)4-9-5-8-6-11-8/h1-3,8H,4-6H2/t8-/m1/s1. The molecule has 0 aliphatic carbocycles. The van der Waals surface area contributed by atoms with Gasteiger partial charge in [0, 0.05) is 0 Å². The predicted octanol–water partition coefficient (Wildman–Crippen LogP) is 1.20. The van der Waals surface area contributed by atoms with Gasteiger partial charge in [0.05, 0.1) is 19.5 Å². The second-order valence-corrected chi connectivity index (χ2v) is 2.55. The molecule has 0 amide bonds. The summed E-state index contributed by atoms with van der Waals surface area (Å²) in [6, 6.07) is 3.75. The molecule has 2 heterocycles. The average Bonchev–Trinajstić information content (AvgIpc) is 2.66. The molecule has 0 unspecified atom stereocenters. The molecule has 3 heteroatoms. The van der Waals surface area contributed by atoms with Crippen molar-refractivity contribution in [2.24, 2.45) is 0 Å². The SMILES string of the molecule is c1coc(COC[C@@H]2CO2)c1. The summed E-state index contributed by atoms with van der Waals surface area (Å²) < 4.78 is 15.3. The van der Waals surface area contributed by atoms with E-state index in [0.717, 1.165) is 12.4 Å². The summed E-state index contributed by atoms with van der Waals surface area (Å²) in [6.07, 6.45) is 1.98. The Morgan fingerprint density at radius 2 is 2.55 bits per heavy atom. The van der Waals surface area contributed by atoms with Gasteiger partial charge in [-0.15, -0.1) is 0 Å². The van der Waals surface area contributed by atoms with E-state index in [1.54, 1.807) is 6.26 Å². The molecule has 0 spiro atoms. The summed E-state index contributed by atoms with van der Waals surface area (Å²) in [4.78, 5) is 0. The van der Waals surface area contributed by atoms with Crippen LogP contribution in [-0.4, -0.2) is 19.3 Å². The molecule has 1 aromatic rings. The molecule has 1 aliphatic heterocycles. The van der Waals surface area contributed by atoms with Crippen molar-refractivity contribution in [3.63, 3.8) is 0 Å². The Hall–Kier alpha value is -0.800. The normalized spacial score (nSPS) is 22.0. The van der Waals surface area contributed by atoms with Crippen molar-refractivity contribution in [2.75, 3.05) is 13.2 Å². The Labute approximate surface area is 64.9 Å². The van der Waals surface area contributed by atoms with Crippen LogP contribution in [0.15, 0.2) is 22.8 Å². The maximum Gasteiger partial charge on any atom is 0.129 e. The molecule has 0 N–H and O–H groups in total. The van der Waals surface area contributed by atoms with Crippen LogP contribution in [0, 0.1) is 0 Å². The molecular weight excluding hydrogens is 144 g/mol. The third-order valence-corrected chi connectivity index (χ3v) is 1.53. The summed E-state index contributed by atoms with van der Waals surface area (Å²) >= 11 is 0. The van der Waals surface area contributed by atoms with Crippen LogP contribution in [-0.2, 0) is 16.1 Å². The van der Waals surface area contributed by atoms with Crippen molar-refractivity contribution in [3.05, 3.63) is 24.2 Å². The number of hydrogen-bond acceptors (Lipinski definition) is 3. The van der Waals surface area contributed by atoms with Gasteiger partial charge in [0.2, 0.25) is 0 Å². The molecule has 0 saturated carbocycles. The van der Waals surface area contributed by atoms with Crippen LogP contribution in [0.5, 0.6) is 0 Å². The number of epoxide rings is 1. The first-order valence-corrected chi connectivity index (χ1v) is 3.67. The monoisotopic (exact) mass is 154 g/mol. The van der Waals surface area contributed by atoms with E-state index in [4.69, 9.17) is 13.9 Å². The van der Waals surface area contributed by atoms with E-state index in [1.807, 2.05) is 12.1 Å². The van der Waals surface area contributed by atoms with Gasteiger partial charge < -0.3 is 13.9 Å². The van der Waals surface area contributed by atoms with E-state index >= 15 is 0 Å². The number of furan rings is 1. The summed E-state index contributed by atoms with van der Waals surface area (Å²) in [5.74, 6) is 0.866. The van der Waals surface area contributed by atoms with Crippen LogP contribution < -0.4 is 0 Å². The molecule has 1 aliphatic rings. The minimum absolute atomic E-state index is 0.338. The number of ether oxygens (including phenoxy) is 2. The topological polar surface area (TPSA) is 34.9 Å². The van der Waals surface area contributed by atoms with Crippen LogP contribution in [0.25, 0.3) is 0 Å². The first-order chi connectivity index (χ1) is 5.45. The molecule has 3 nitrogen and oxygen atoms in total. The summed E-state index contributed by atoms with van der Waals surface area (Å²) in [5.41, 5.74) is 0. The van der Waals surface area contributed by atoms with Gasteiger partial charge in [-0.2, -0.15) is 0 Å². The molecule has 0 radical (unpaired) electrons. The molecule has 1 fully saturated rings. The summed E-state index contributed by atoms with van der Waals surface area (Å²) in [6.45, 7) is 2.08. The Morgan fingerprint density at radius 3 is 3.18 bits per heavy atom. The summed E-state index contributed by atoms with van der Waals surface area (Å²) in [5, 5.41) is 0. The second kappa shape index (κ2) is 3.07. The quantitative estimate of drug-likeness (QED) is 0.611. The van der Waals surface area contributed by atoms with Gasteiger partial charge in [-0.05, 0) is 12.1 Å². The zero-order valence-corrected chi connectivity index (χ0v) is 6.16. The fourth-order valence-electron chi connectivity index (χ4n) is 0.850. The van der Waals surface area contributed by atoms with E-state index < -0.39 is 0 Å². The third-order valence-electron chi connectivity index (χ3n) is 1.53. The van der Waals surface area contributed by atoms with Gasteiger partial charge in [0.15, 0.2) is 0 Å². The van der Waals surface area contributed by atoms with Crippen LogP contribution in [0.3, 0.4) is 0 Å². The molecule has 1 aromatic heterocycles. The zero-order chi connectivity index (χ0) is 7.52. The van der Waals surface area contributed by atoms with Crippen LogP contribution >= 0.6 is 0 Å². The lowest BCUT2D eigenvalue weighted by atomic mass is 10.5. The van der Waals surface area contributed by atoms with Crippen molar-refractivity contribution < 1.29 is 13.9 Å². The van der Waals surface area contributed by atoms with Crippen molar-refractivity contribution in [2.45, 2.75) is 12.7 Å². The highest BCUT2D eigenvalue weighted by Crippen LogP contribution is 2.10. The Morgan fingerprint density at radius 1 is 1.64 bits per heavy atom. The Bertz CT molecular complexity index is 201. The lowest BCUT2D eigenvalue weighted by Crippen LogP contribution is -2.00. The van der Waals surface area contributed by atoms with E-state index in [1.165, 1.54) is 0 Å². The van der Waals surface area contributed by atoms with Crippen molar-refractivity contribution in [1.82, 2.24) is 0 Å². The van der Waals surface area contributed by atoms with Crippen LogP contribution in [0.2, 0.25) is 0 Å². The van der Waals surface area contributed by atoms with Gasteiger partial charge in [-0.3, -0.25) is 0 Å². The van der Waals surface area contributed by atoms with Crippen LogP contribution in [0.4, 0.5) is 0 Å². The van der Waals surface area contributed by atoms with Crippen LogP contribution in [0.1, 0.15) is 5.76 Å². The highest BCUT2D eigenvalue weighted by Gasteiger charge is 2.22. The largest absolute Gasteiger partial charge is 0.467 e. The van der Waals surface area contributed by atoms with E-state index in [-0.39, 0.29) is 0 Å². The number of hydrogen-bond donors (Lipinski definition) is 0. The molecular formula is C8H10O3. The minimum atomic E-state index is 0.338. The van der Waals surface area contributed by atoms with Gasteiger partial charge in [-0.1, -0.05) is 0 Å². The lowest BCUT2D eigenvalue weighted by Gasteiger charge is -1.96. The maximum absolute atomic E-state index is 5.28. The fourth-order valence-corrected chi connectivity index (χ4v) is 0.850. The molecule has 1 atom stereocenters. The van der Waals surface area contributed by atoms with Gasteiger partial charge in [0.1, 0.15) is 18.5 Å². The highest BCUT2D eigenvalue weighted by atomic mass is 16.6. The van der Waals surface area contributed by atoms with Crippen molar-refractivity contribution in [3.8, 4) is 0 Å². The molecule has 0 bridgehead atoms. The van der Waals surface area contributed by atoms with E-state index in [0.29, 0.717) is 19.3 Å². The first-order valence-electron chi connectivity index (χ1n) is 3.67. The zero-order valence-electron chi connectivity index (χ0n) is 6.16. The van der Waals surface area contributed by atoms with Crippen molar-refractivity contribution >= 4 is 0 Å². The average molecular weight is 154 g/mol. The Balaban J connectivity index is 1.66. The summed E-state index contributed by atoms with van der Waals surface area (Å²) in [7, 11) is 0. The second-order valence-electron chi connectivity index (χ2n) is 2.55. The lowest BCUT2D eigenvalue weighted by molar-refractivity contribution is 0.0914. The smallest absolute Gasteiger partial charge is 0.129 e. The molecule has 0 aromatic carbocycles. The van der Waals surface area contributed by atoms with Crippen molar-refractivity contribution in [1.29, 1.82) is 0 Å². The van der Waals surface area contributed by atoms with E-state index in [9.17, 15) is 0 Å². The molecule has 2 rings (SSSR count). The van der Waals surface area contributed by atoms with E-state index in [2.05, 4.69) is 0 Å². The molecule has 60 valence electrons. The fraction of sp³-hybridized carbons (Fsp3) is 0.500. The molecule has 11 heavy (non-hydrogen) atoms. The highest BCUT2D eigenvalue weighted by molar-refractivity contribution is 4.96. The maximum atomic E-state index is 5.28. The predicted molar refractivity (Wildman–Crippen MR) is 38.1 cm³/mol. The molecule has 1 saturated heterocycles. The van der Waals surface area contributed by atoms with Gasteiger partial charge in [0.25, 0.3) is 0 Å². The first kappa shape index (κ1) is 6.88. The van der Waals surface area contributed by atoms with Gasteiger partial charge in [-0.25, -0.2) is 0 Å².